The largest absolute Gasteiger partial charge is 0.469 e. The molecule has 3 saturated heterocycles. The second-order valence-electron chi connectivity index (χ2n) is 5.22. The number of halogens is 1. The van der Waals surface area contributed by atoms with Gasteiger partial charge in [0.1, 0.15) is 0 Å². The summed E-state index contributed by atoms with van der Waals surface area (Å²) in [4.78, 5) is 11.6. The summed E-state index contributed by atoms with van der Waals surface area (Å²) >= 11 is 6.05. The molecule has 1 N–H and O–H groups in total. The van der Waals surface area contributed by atoms with E-state index in [1.807, 2.05) is 24.3 Å². The molecule has 0 saturated carbocycles. The molecule has 2 unspecified atom stereocenters. The number of esters is 1. The molecule has 3 aliphatic rings. The lowest BCUT2D eigenvalue weighted by Crippen LogP contribution is -2.63. The van der Waals surface area contributed by atoms with Crippen LogP contribution in [0.5, 0.6) is 0 Å². The predicted octanol–water partition coefficient (Wildman–Crippen LogP) is 1.75. The topological polar surface area (TPSA) is 44.8 Å². The summed E-state index contributed by atoms with van der Waals surface area (Å²) in [5, 5.41) is 5.06. The van der Waals surface area contributed by atoms with Crippen LogP contribution in [0.25, 0.3) is 0 Å². The number of methoxy groups -OCH3 is 1. The van der Waals surface area contributed by atoms with Gasteiger partial charge in [-0.05, 0) is 24.1 Å². The fraction of sp³-hybridized carbons (Fsp3) is 0.500. The highest BCUT2D eigenvalue weighted by atomic mass is 35.5. The van der Waals surface area contributed by atoms with Gasteiger partial charge in [-0.1, -0.05) is 23.7 Å². The molecule has 108 valence electrons. The monoisotopic (exact) mass is 295 g/mol. The Morgan fingerprint density at radius 1 is 1.60 bits per heavy atom. The molecule has 2 bridgehead atoms. The first kappa shape index (κ1) is 13.8. The van der Waals surface area contributed by atoms with E-state index in [9.17, 15) is 4.79 Å². The minimum Gasteiger partial charge on any atom is -0.469 e. The van der Waals surface area contributed by atoms with Crippen molar-refractivity contribution in [2.24, 2.45) is 0 Å². The van der Waals surface area contributed by atoms with E-state index in [1.165, 1.54) is 13.5 Å². The number of rotatable bonds is 5. The van der Waals surface area contributed by atoms with E-state index in [-0.39, 0.29) is 18.4 Å². The number of fused-ring (bicyclic) bond motifs is 1. The molecule has 6 heteroatoms. The number of nitrogens with one attached hydrogen (secondary N) is 1. The number of benzene rings is 1. The molecule has 0 aliphatic carbocycles. The van der Waals surface area contributed by atoms with Gasteiger partial charge in [0.2, 0.25) is 0 Å². The number of nitrogens with zero attached hydrogens (tertiary/aromatic N) is 2. The third kappa shape index (κ3) is 2.67. The normalized spacial score (nSPS) is 26.1. The SMILES string of the molecule is COC(=O)CC(NN1[C@@H]2CCN1C2)c1cccc(Cl)c1. The Morgan fingerprint density at radius 3 is 3.05 bits per heavy atom. The number of hydrogen-bond donors (Lipinski definition) is 1. The molecule has 5 nitrogen and oxygen atoms in total. The molecular weight excluding hydrogens is 278 g/mol. The number of ether oxygens (including phenoxy) is 1. The van der Waals surface area contributed by atoms with Gasteiger partial charge in [-0.3, -0.25) is 4.79 Å². The molecule has 1 aromatic rings. The highest BCUT2D eigenvalue weighted by Gasteiger charge is 2.44. The van der Waals surface area contributed by atoms with Crippen molar-refractivity contribution in [3.05, 3.63) is 34.9 Å². The third-order valence-electron chi connectivity index (χ3n) is 3.93. The van der Waals surface area contributed by atoms with Crippen molar-refractivity contribution in [2.75, 3.05) is 20.2 Å². The molecule has 3 aliphatic heterocycles. The zero-order valence-electron chi connectivity index (χ0n) is 11.4. The smallest absolute Gasteiger partial charge is 0.307 e. The van der Waals surface area contributed by atoms with Gasteiger partial charge in [-0.15, -0.1) is 0 Å². The Labute approximate surface area is 123 Å². The van der Waals surface area contributed by atoms with E-state index in [0.717, 1.165) is 18.7 Å². The van der Waals surface area contributed by atoms with Crippen molar-refractivity contribution < 1.29 is 9.53 Å². The molecule has 1 aromatic carbocycles. The summed E-state index contributed by atoms with van der Waals surface area (Å²) in [5.41, 5.74) is 4.42. The molecule has 4 rings (SSSR count). The molecule has 3 fully saturated rings. The highest BCUT2D eigenvalue weighted by Crippen LogP contribution is 2.30. The van der Waals surface area contributed by atoms with E-state index in [4.69, 9.17) is 16.3 Å². The fourth-order valence-corrected chi connectivity index (χ4v) is 3.01. The number of hydrazine groups is 2. The predicted molar refractivity (Wildman–Crippen MR) is 75.8 cm³/mol. The van der Waals surface area contributed by atoms with Gasteiger partial charge in [0.15, 0.2) is 0 Å². The Kier molecular flexibility index (Phi) is 3.94. The third-order valence-corrected chi connectivity index (χ3v) is 4.17. The zero-order chi connectivity index (χ0) is 14.1. The van der Waals surface area contributed by atoms with Crippen molar-refractivity contribution in [1.82, 2.24) is 15.6 Å². The summed E-state index contributed by atoms with van der Waals surface area (Å²) < 4.78 is 4.79. The molecule has 0 spiro atoms. The maximum absolute atomic E-state index is 11.6. The van der Waals surface area contributed by atoms with E-state index in [1.54, 1.807) is 0 Å². The quantitative estimate of drug-likeness (QED) is 0.839. The first-order valence-electron chi connectivity index (χ1n) is 6.80. The lowest BCUT2D eigenvalue weighted by molar-refractivity contribution is -0.158. The maximum atomic E-state index is 11.6. The van der Waals surface area contributed by atoms with Crippen LogP contribution in [-0.2, 0) is 9.53 Å². The number of carbonyl (C=O) groups is 1. The molecule has 0 amide bonds. The molecule has 0 radical (unpaired) electrons. The van der Waals surface area contributed by atoms with Gasteiger partial charge in [0.25, 0.3) is 0 Å². The first-order chi connectivity index (χ1) is 9.67. The maximum Gasteiger partial charge on any atom is 0.307 e. The highest BCUT2D eigenvalue weighted by molar-refractivity contribution is 6.30. The summed E-state index contributed by atoms with van der Waals surface area (Å²) in [6, 6.07) is 8.02. The van der Waals surface area contributed by atoms with Crippen LogP contribution in [-0.4, -0.2) is 42.3 Å². The zero-order valence-corrected chi connectivity index (χ0v) is 12.1. The second kappa shape index (κ2) is 5.69. The average Bonchev–Trinajstić information content (AvgIpc) is 3.06. The number of carbonyl (C=O) groups excluding carboxylic acids is 1. The lowest BCUT2D eigenvalue weighted by atomic mass is 10.0. The summed E-state index contributed by atoms with van der Waals surface area (Å²) in [6.45, 7) is 2.19. The molecule has 3 atom stereocenters. The van der Waals surface area contributed by atoms with Crippen molar-refractivity contribution in [3.8, 4) is 0 Å². The van der Waals surface area contributed by atoms with Crippen LogP contribution >= 0.6 is 11.6 Å². The van der Waals surface area contributed by atoms with Crippen molar-refractivity contribution in [3.63, 3.8) is 0 Å². The summed E-state index contributed by atoms with van der Waals surface area (Å²) in [5.74, 6) is -0.231. The summed E-state index contributed by atoms with van der Waals surface area (Å²) in [7, 11) is 1.41. The van der Waals surface area contributed by atoms with Crippen molar-refractivity contribution >= 4 is 17.6 Å². The van der Waals surface area contributed by atoms with Gasteiger partial charge in [-0.2, -0.15) is 5.12 Å². The standard InChI is InChI=1S/C14H18ClN3O2/c1-20-14(19)8-13(10-3-2-4-11(15)7-10)16-18-12-5-6-17(18)9-12/h2-4,7,12-13,16H,5-6,8-9H2,1H3/t12-,13?/m1/s1. The van der Waals surface area contributed by atoms with Crippen LogP contribution in [0.15, 0.2) is 24.3 Å². The van der Waals surface area contributed by atoms with E-state index in [0.29, 0.717) is 11.1 Å². The van der Waals surface area contributed by atoms with Gasteiger partial charge in [0, 0.05) is 18.1 Å². The van der Waals surface area contributed by atoms with Gasteiger partial charge >= 0.3 is 5.97 Å². The van der Waals surface area contributed by atoms with Crippen LogP contribution in [0.2, 0.25) is 5.02 Å². The Balaban J connectivity index is 1.74. The van der Waals surface area contributed by atoms with Crippen LogP contribution < -0.4 is 5.43 Å². The first-order valence-corrected chi connectivity index (χ1v) is 7.17. The minimum absolute atomic E-state index is 0.121. The lowest BCUT2D eigenvalue weighted by Gasteiger charge is -2.44. The van der Waals surface area contributed by atoms with Gasteiger partial charge in [0.05, 0.1) is 25.6 Å². The second-order valence-corrected chi connectivity index (χ2v) is 5.65. The van der Waals surface area contributed by atoms with Crippen LogP contribution in [0.4, 0.5) is 0 Å². The van der Waals surface area contributed by atoms with Crippen molar-refractivity contribution in [2.45, 2.75) is 24.9 Å². The van der Waals surface area contributed by atoms with E-state index >= 15 is 0 Å². The van der Waals surface area contributed by atoms with E-state index in [2.05, 4.69) is 15.6 Å². The summed E-state index contributed by atoms with van der Waals surface area (Å²) in [6.07, 6.45) is 1.46. The Bertz CT molecular complexity index is 497. The Morgan fingerprint density at radius 2 is 2.45 bits per heavy atom. The van der Waals surface area contributed by atoms with E-state index < -0.39 is 0 Å². The Hall–Kier alpha value is -1.14. The fourth-order valence-electron chi connectivity index (χ4n) is 2.81. The molecule has 3 heterocycles. The minimum atomic E-state index is -0.231. The van der Waals surface area contributed by atoms with Gasteiger partial charge < -0.3 is 4.74 Å². The van der Waals surface area contributed by atoms with Crippen LogP contribution in [0, 0.1) is 0 Å². The average molecular weight is 296 g/mol. The number of hydrogen-bond acceptors (Lipinski definition) is 5. The molecular formula is C14H18ClN3O2. The van der Waals surface area contributed by atoms with Gasteiger partial charge in [-0.25, -0.2) is 10.4 Å². The van der Waals surface area contributed by atoms with Crippen LogP contribution in [0.3, 0.4) is 0 Å². The van der Waals surface area contributed by atoms with Crippen molar-refractivity contribution in [1.29, 1.82) is 0 Å². The van der Waals surface area contributed by atoms with Crippen LogP contribution in [0.1, 0.15) is 24.4 Å². The molecule has 20 heavy (non-hydrogen) atoms. The molecule has 0 aromatic heterocycles.